The maximum Gasteiger partial charge on any atom is 0.0924 e. The number of benzene rings is 1. The summed E-state index contributed by atoms with van der Waals surface area (Å²) in [5.41, 5.74) is 6.41. The van der Waals surface area contributed by atoms with Gasteiger partial charge in [0.15, 0.2) is 0 Å². The molecule has 0 amide bonds. The van der Waals surface area contributed by atoms with Crippen molar-refractivity contribution in [2.24, 2.45) is 5.73 Å². The van der Waals surface area contributed by atoms with E-state index in [0.717, 1.165) is 28.9 Å². The number of nitrogens with zero attached hydrogens (tertiary/aromatic N) is 2. The minimum Gasteiger partial charge on any atom is -0.330 e. The van der Waals surface area contributed by atoms with Crippen molar-refractivity contribution >= 4 is 22.5 Å². The van der Waals surface area contributed by atoms with Gasteiger partial charge in [-0.1, -0.05) is 11.6 Å². The Labute approximate surface area is 87.5 Å². The highest BCUT2D eigenvalue weighted by molar-refractivity contribution is 6.31. The molecule has 1 aromatic heterocycles. The van der Waals surface area contributed by atoms with Crippen LogP contribution in [-0.2, 0) is 6.54 Å². The van der Waals surface area contributed by atoms with E-state index in [4.69, 9.17) is 17.3 Å². The Kier molecular flexibility index (Phi) is 2.70. The molecule has 0 aliphatic heterocycles. The molecular weight excluding hydrogens is 198 g/mol. The highest BCUT2D eigenvalue weighted by Crippen LogP contribution is 2.17. The maximum absolute atomic E-state index is 5.88. The fraction of sp³-hybridized carbons (Fsp3) is 0.300. The van der Waals surface area contributed by atoms with Gasteiger partial charge in [0.05, 0.1) is 5.52 Å². The normalized spacial score (nSPS) is 11.0. The van der Waals surface area contributed by atoms with Crippen molar-refractivity contribution in [1.82, 2.24) is 9.78 Å². The van der Waals surface area contributed by atoms with E-state index in [0.29, 0.717) is 6.54 Å². The summed E-state index contributed by atoms with van der Waals surface area (Å²) in [6, 6.07) is 5.70. The lowest BCUT2D eigenvalue weighted by atomic mass is 10.3. The van der Waals surface area contributed by atoms with E-state index >= 15 is 0 Å². The van der Waals surface area contributed by atoms with Gasteiger partial charge >= 0.3 is 0 Å². The van der Waals surface area contributed by atoms with Crippen LogP contribution in [0.5, 0.6) is 0 Å². The molecule has 3 nitrogen and oxygen atoms in total. The summed E-state index contributed by atoms with van der Waals surface area (Å²) in [4.78, 5) is 0. The third kappa shape index (κ3) is 1.89. The first kappa shape index (κ1) is 9.49. The monoisotopic (exact) mass is 209 g/mol. The van der Waals surface area contributed by atoms with E-state index in [1.165, 1.54) is 0 Å². The second-order valence-electron chi connectivity index (χ2n) is 3.24. The molecule has 2 N–H and O–H groups in total. The molecule has 0 saturated heterocycles. The molecule has 2 aromatic rings. The number of rotatable bonds is 3. The van der Waals surface area contributed by atoms with Crippen LogP contribution in [0.1, 0.15) is 6.42 Å². The van der Waals surface area contributed by atoms with Crippen LogP contribution >= 0.6 is 11.6 Å². The van der Waals surface area contributed by atoms with Gasteiger partial charge < -0.3 is 5.73 Å². The smallest absolute Gasteiger partial charge is 0.0924 e. The van der Waals surface area contributed by atoms with Gasteiger partial charge in [0, 0.05) is 23.2 Å². The Morgan fingerprint density at radius 1 is 1.43 bits per heavy atom. The SMILES string of the molecule is NCCCn1cc2cc(Cl)ccc2n1. The molecule has 2 rings (SSSR count). The molecule has 0 spiro atoms. The predicted octanol–water partition coefficient (Wildman–Crippen LogP) is 2.04. The molecule has 0 unspecified atom stereocenters. The highest BCUT2D eigenvalue weighted by atomic mass is 35.5. The number of nitrogens with two attached hydrogens (primary N) is 1. The van der Waals surface area contributed by atoms with E-state index in [2.05, 4.69) is 5.10 Å². The van der Waals surface area contributed by atoms with Crippen molar-refractivity contribution < 1.29 is 0 Å². The second-order valence-corrected chi connectivity index (χ2v) is 3.67. The van der Waals surface area contributed by atoms with Gasteiger partial charge in [0.1, 0.15) is 0 Å². The summed E-state index contributed by atoms with van der Waals surface area (Å²) in [7, 11) is 0. The number of hydrogen-bond donors (Lipinski definition) is 1. The average Bonchev–Trinajstić information content (AvgIpc) is 2.56. The number of halogens is 1. The Hall–Kier alpha value is -1.06. The van der Waals surface area contributed by atoms with Gasteiger partial charge in [-0.2, -0.15) is 5.10 Å². The minimum atomic E-state index is 0.691. The van der Waals surface area contributed by atoms with Gasteiger partial charge in [-0.15, -0.1) is 0 Å². The van der Waals surface area contributed by atoms with Crippen molar-refractivity contribution in [2.75, 3.05) is 6.54 Å². The number of hydrogen-bond acceptors (Lipinski definition) is 2. The molecule has 0 radical (unpaired) electrons. The molecular formula is C10H12ClN3. The topological polar surface area (TPSA) is 43.8 Å². The lowest BCUT2D eigenvalue weighted by Crippen LogP contribution is -2.05. The van der Waals surface area contributed by atoms with E-state index in [9.17, 15) is 0 Å². The van der Waals surface area contributed by atoms with Crippen LogP contribution in [0.15, 0.2) is 24.4 Å². The molecule has 0 fully saturated rings. The second kappa shape index (κ2) is 3.98. The van der Waals surface area contributed by atoms with Crippen molar-refractivity contribution in [3.63, 3.8) is 0 Å². The summed E-state index contributed by atoms with van der Waals surface area (Å²) in [5.74, 6) is 0. The van der Waals surface area contributed by atoms with Gasteiger partial charge in [0.2, 0.25) is 0 Å². The van der Waals surface area contributed by atoms with Crippen LogP contribution in [0.2, 0.25) is 5.02 Å². The number of aromatic nitrogens is 2. The fourth-order valence-corrected chi connectivity index (χ4v) is 1.60. The lowest BCUT2D eigenvalue weighted by Gasteiger charge is -1.96. The maximum atomic E-state index is 5.88. The van der Waals surface area contributed by atoms with E-state index in [-0.39, 0.29) is 0 Å². The Morgan fingerprint density at radius 3 is 3.07 bits per heavy atom. The Bertz CT molecular complexity index is 436. The van der Waals surface area contributed by atoms with E-state index < -0.39 is 0 Å². The summed E-state index contributed by atoms with van der Waals surface area (Å²) in [6.07, 6.45) is 2.94. The molecule has 0 atom stereocenters. The predicted molar refractivity (Wildman–Crippen MR) is 58.4 cm³/mol. The molecule has 0 aliphatic carbocycles. The summed E-state index contributed by atoms with van der Waals surface area (Å²) < 4.78 is 1.91. The first-order chi connectivity index (χ1) is 6.79. The lowest BCUT2D eigenvalue weighted by molar-refractivity contribution is 0.590. The minimum absolute atomic E-state index is 0.691. The zero-order valence-corrected chi connectivity index (χ0v) is 8.54. The zero-order chi connectivity index (χ0) is 9.97. The van der Waals surface area contributed by atoms with Crippen LogP contribution in [0.4, 0.5) is 0 Å². The third-order valence-corrected chi connectivity index (χ3v) is 2.34. The van der Waals surface area contributed by atoms with Gasteiger partial charge in [-0.05, 0) is 31.2 Å². The van der Waals surface area contributed by atoms with Crippen LogP contribution in [0, 0.1) is 0 Å². The Morgan fingerprint density at radius 2 is 2.29 bits per heavy atom. The van der Waals surface area contributed by atoms with Gasteiger partial charge in [-0.3, -0.25) is 4.68 Å². The average molecular weight is 210 g/mol. The van der Waals surface area contributed by atoms with Crippen LogP contribution in [0.3, 0.4) is 0 Å². The first-order valence-electron chi connectivity index (χ1n) is 4.62. The first-order valence-corrected chi connectivity index (χ1v) is 5.00. The van der Waals surface area contributed by atoms with Crippen molar-refractivity contribution in [2.45, 2.75) is 13.0 Å². The largest absolute Gasteiger partial charge is 0.330 e. The van der Waals surface area contributed by atoms with Crippen molar-refractivity contribution in [1.29, 1.82) is 0 Å². The molecule has 1 aromatic carbocycles. The van der Waals surface area contributed by atoms with E-state index in [1.54, 1.807) is 0 Å². The van der Waals surface area contributed by atoms with Crippen molar-refractivity contribution in [3.8, 4) is 0 Å². The molecule has 1 heterocycles. The summed E-state index contributed by atoms with van der Waals surface area (Å²) in [6.45, 7) is 1.56. The summed E-state index contributed by atoms with van der Waals surface area (Å²) in [5, 5.41) is 6.22. The quantitative estimate of drug-likeness (QED) is 0.841. The van der Waals surface area contributed by atoms with Gasteiger partial charge in [0.25, 0.3) is 0 Å². The molecule has 0 saturated carbocycles. The fourth-order valence-electron chi connectivity index (χ4n) is 1.42. The van der Waals surface area contributed by atoms with Crippen LogP contribution < -0.4 is 5.73 Å². The highest BCUT2D eigenvalue weighted by Gasteiger charge is 2.00. The standard InChI is InChI=1S/C10H12ClN3/c11-9-2-3-10-8(6-9)7-14(13-10)5-1-4-12/h2-3,6-7H,1,4-5,12H2. The molecule has 74 valence electrons. The molecule has 0 aliphatic rings. The van der Waals surface area contributed by atoms with Gasteiger partial charge in [-0.25, -0.2) is 0 Å². The molecule has 4 heteroatoms. The molecule has 0 bridgehead atoms. The Balaban J connectivity index is 2.32. The molecule has 14 heavy (non-hydrogen) atoms. The zero-order valence-electron chi connectivity index (χ0n) is 7.78. The van der Waals surface area contributed by atoms with Crippen molar-refractivity contribution in [3.05, 3.63) is 29.4 Å². The van der Waals surface area contributed by atoms with Crippen LogP contribution in [0.25, 0.3) is 10.9 Å². The number of aryl methyl sites for hydroxylation is 1. The van der Waals surface area contributed by atoms with Crippen LogP contribution in [-0.4, -0.2) is 16.3 Å². The van der Waals surface area contributed by atoms with E-state index in [1.807, 2.05) is 29.1 Å². The summed E-state index contributed by atoms with van der Waals surface area (Å²) >= 11 is 5.88. The third-order valence-electron chi connectivity index (χ3n) is 2.11. The number of fused-ring (bicyclic) bond motifs is 1.